The average molecular weight is 539 g/mol. The summed E-state index contributed by atoms with van der Waals surface area (Å²) in [4.78, 5) is 12.0. The number of ether oxygens (including phenoxy) is 1. The highest BCUT2D eigenvalue weighted by Gasteiger charge is 2.15. The summed E-state index contributed by atoms with van der Waals surface area (Å²) in [5.41, 5.74) is 0. The summed E-state index contributed by atoms with van der Waals surface area (Å²) >= 11 is 0. The van der Waals surface area contributed by atoms with Gasteiger partial charge in [-0.15, -0.1) is 0 Å². The highest BCUT2D eigenvalue weighted by atomic mass is 16.5. The summed E-state index contributed by atoms with van der Waals surface area (Å²) in [7, 11) is 0. The van der Waals surface area contributed by atoms with E-state index in [9.17, 15) is 9.90 Å². The molecule has 38 heavy (non-hydrogen) atoms. The predicted molar refractivity (Wildman–Crippen MR) is 167 cm³/mol. The van der Waals surface area contributed by atoms with E-state index in [4.69, 9.17) is 4.74 Å². The Morgan fingerprint density at radius 2 is 0.868 bits per heavy atom. The van der Waals surface area contributed by atoms with Crippen LogP contribution in [0.1, 0.15) is 201 Å². The van der Waals surface area contributed by atoms with Gasteiger partial charge in [0, 0.05) is 0 Å². The molecule has 0 aliphatic heterocycles. The van der Waals surface area contributed by atoms with Gasteiger partial charge in [0.15, 0.2) is 6.10 Å². The molecule has 0 heterocycles. The van der Waals surface area contributed by atoms with Crippen LogP contribution in [-0.4, -0.2) is 23.8 Å². The highest BCUT2D eigenvalue weighted by Crippen LogP contribution is 2.16. The normalized spacial score (nSPS) is 13.1. The number of carbonyl (C=O) groups is 1. The van der Waals surface area contributed by atoms with Crippen molar-refractivity contribution in [3.63, 3.8) is 0 Å². The number of hydrogen-bond acceptors (Lipinski definition) is 3. The Balaban J connectivity index is 3.26. The Morgan fingerprint density at radius 1 is 0.526 bits per heavy atom. The Bertz CT molecular complexity index is 464. The van der Waals surface area contributed by atoms with Gasteiger partial charge < -0.3 is 9.84 Å². The first-order chi connectivity index (χ1) is 18.6. The molecule has 0 amide bonds. The summed E-state index contributed by atoms with van der Waals surface area (Å²) in [5.74, 6) is 0.506. The molecule has 3 heteroatoms. The van der Waals surface area contributed by atoms with Gasteiger partial charge in [0.2, 0.25) is 0 Å². The van der Waals surface area contributed by atoms with Crippen LogP contribution in [0.5, 0.6) is 0 Å². The number of esters is 1. The summed E-state index contributed by atoms with van der Waals surface area (Å²) in [6, 6.07) is 0. The molecule has 0 saturated heterocycles. The fourth-order valence-corrected chi connectivity index (χ4v) is 5.31. The van der Waals surface area contributed by atoms with Gasteiger partial charge >= 0.3 is 5.97 Å². The third-order valence-electron chi connectivity index (χ3n) is 8.39. The van der Waals surface area contributed by atoms with Crippen molar-refractivity contribution in [2.75, 3.05) is 6.61 Å². The van der Waals surface area contributed by atoms with E-state index >= 15 is 0 Å². The van der Waals surface area contributed by atoms with Gasteiger partial charge in [0.05, 0.1) is 6.61 Å². The minimum Gasteiger partial charge on any atom is -0.464 e. The van der Waals surface area contributed by atoms with Crippen molar-refractivity contribution in [3.8, 4) is 0 Å². The Morgan fingerprint density at radius 3 is 1.26 bits per heavy atom. The zero-order valence-electron chi connectivity index (χ0n) is 26.4. The van der Waals surface area contributed by atoms with Crippen LogP contribution in [0.3, 0.4) is 0 Å². The second kappa shape index (κ2) is 31.0. The van der Waals surface area contributed by atoms with E-state index in [2.05, 4.69) is 20.8 Å². The van der Waals surface area contributed by atoms with Crippen LogP contribution >= 0.6 is 0 Å². The third-order valence-corrected chi connectivity index (χ3v) is 8.39. The molecule has 0 aromatic carbocycles. The molecule has 228 valence electrons. The second-order valence-corrected chi connectivity index (χ2v) is 12.3. The molecular formula is C35H70O3. The van der Waals surface area contributed by atoms with Crippen LogP contribution in [0, 0.1) is 5.92 Å². The molecule has 1 N–H and O–H groups in total. The fourth-order valence-electron chi connectivity index (χ4n) is 5.31. The summed E-state index contributed by atoms with van der Waals surface area (Å²) < 4.78 is 5.29. The largest absolute Gasteiger partial charge is 0.464 e. The van der Waals surface area contributed by atoms with E-state index in [1.165, 1.54) is 148 Å². The first-order valence-electron chi connectivity index (χ1n) is 17.5. The molecular weight excluding hydrogens is 468 g/mol. The molecule has 0 aliphatic carbocycles. The van der Waals surface area contributed by atoms with Crippen molar-refractivity contribution in [2.24, 2.45) is 5.92 Å². The Kier molecular flexibility index (Phi) is 30.5. The molecule has 0 radical (unpaired) electrons. The maximum atomic E-state index is 12.0. The lowest BCUT2D eigenvalue weighted by Gasteiger charge is -2.10. The maximum absolute atomic E-state index is 12.0. The molecule has 0 bridgehead atoms. The Labute approximate surface area is 239 Å². The van der Waals surface area contributed by atoms with Crippen molar-refractivity contribution >= 4 is 5.97 Å². The topological polar surface area (TPSA) is 46.5 Å². The van der Waals surface area contributed by atoms with E-state index in [-0.39, 0.29) is 0 Å². The van der Waals surface area contributed by atoms with E-state index in [1.807, 2.05) is 0 Å². The zero-order chi connectivity index (χ0) is 27.9. The number of rotatable bonds is 31. The number of carbonyl (C=O) groups excluding carboxylic acids is 1. The minimum atomic E-state index is -0.927. The molecule has 2 unspecified atom stereocenters. The van der Waals surface area contributed by atoms with Crippen LogP contribution in [0.25, 0.3) is 0 Å². The lowest BCUT2D eigenvalue weighted by molar-refractivity contribution is -0.154. The van der Waals surface area contributed by atoms with Crippen molar-refractivity contribution in [3.05, 3.63) is 0 Å². The zero-order valence-corrected chi connectivity index (χ0v) is 26.4. The van der Waals surface area contributed by atoms with Crippen LogP contribution in [-0.2, 0) is 9.53 Å². The average Bonchev–Trinajstić information content (AvgIpc) is 2.92. The maximum Gasteiger partial charge on any atom is 0.334 e. The third kappa shape index (κ3) is 28.4. The summed E-state index contributed by atoms with van der Waals surface area (Å²) in [6.07, 6.45) is 35.1. The van der Waals surface area contributed by atoms with Gasteiger partial charge in [-0.1, -0.05) is 188 Å². The number of aliphatic hydroxyl groups excluding tert-OH is 1. The summed E-state index contributed by atoms with van der Waals surface area (Å²) in [6.45, 7) is 7.41. The van der Waals surface area contributed by atoms with Crippen molar-refractivity contribution < 1.29 is 14.6 Å². The fraction of sp³-hybridized carbons (Fsp3) is 0.971. The molecule has 2 atom stereocenters. The van der Waals surface area contributed by atoms with Crippen LogP contribution in [0.4, 0.5) is 0 Å². The molecule has 0 rings (SSSR count). The van der Waals surface area contributed by atoms with Gasteiger partial charge in [0.1, 0.15) is 0 Å². The van der Waals surface area contributed by atoms with Gasteiger partial charge in [-0.3, -0.25) is 0 Å². The predicted octanol–water partition coefficient (Wildman–Crippen LogP) is 11.5. The molecule has 0 spiro atoms. The van der Waals surface area contributed by atoms with E-state index in [0.717, 1.165) is 31.6 Å². The monoisotopic (exact) mass is 539 g/mol. The second-order valence-electron chi connectivity index (χ2n) is 12.3. The van der Waals surface area contributed by atoms with Crippen LogP contribution in [0.2, 0.25) is 0 Å². The van der Waals surface area contributed by atoms with Crippen molar-refractivity contribution in [1.82, 2.24) is 0 Å². The number of unbranched alkanes of at least 4 members (excludes halogenated alkanes) is 23. The first-order valence-corrected chi connectivity index (χ1v) is 17.5. The van der Waals surface area contributed by atoms with E-state index < -0.39 is 12.1 Å². The number of hydrogen-bond donors (Lipinski definition) is 1. The summed E-state index contributed by atoms with van der Waals surface area (Å²) in [5, 5.41) is 10.0. The highest BCUT2D eigenvalue weighted by molar-refractivity contribution is 5.74. The molecule has 3 nitrogen and oxygen atoms in total. The van der Waals surface area contributed by atoms with Gasteiger partial charge in [0.25, 0.3) is 0 Å². The SMILES string of the molecule is CCCCCCCCCCCCC(O)C(=O)OCCCCCCCCCCCCCCCCCC(C)CC. The van der Waals surface area contributed by atoms with E-state index in [0.29, 0.717) is 13.0 Å². The molecule has 0 aromatic rings. The smallest absolute Gasteiger partial charge is 0.334 e. The minimum absolute atomic E-state index is 0.414. The van der Waals surface area contributed by atoms with Crippen molar-refractivity contribution in [1.29, 1.82) is 0 Å². The molecule has 0 aliphatic rings. The molecule has 0 aromatic heterocycles. The van der Waals surface area contributed by atoms with Crippen LogP contribution < -0.4 is 0 Å². The molecule has 0 fully saturated rings. The van der Waals surface area contributed by atoms with Gasteiger partial charge in [-0.2, -0.15) is 0 Å². The standard InChI is InChI=1S/C35H70O3/c1-4-6-7-8-9-10-19-22-25-28-31-34(36)35(37)38-32-29-26-23-20-17-15-13-11-12-14-16-18-21-24-27-30-33(3)5-2/h33-34,36H,4-32H2,1-3H3. The lowest BCUT2D eigenvalue weighted by atomic mass is 9.99. The molecule has 0 saturated carbocycles. The van der Waals surface area contributed by atoms with E-state index in [1.54, 1.807) is 0 Å². The van der Waals surface area contributed by atoms with Crippen molar-refractivity contribution in [2.45, 2.75) is 207 Å². The number of aliphatic hydroxyl groups is 1. The quantitative estimate of drug-likeness (QED) is 0.0705. The Hall–Kier alpha value is -0.570. The first kappa shape index (κ1) is 37.4. The van der Waals surface area contributed by atoms with Gasteiger partial charge in [-0.05, 0) is 18.8 Å². The lowest BCUT2D eigenvalue weighted by Crippen LogP contribution is -2.23. The van der Waals surface area contributed by atoms with Gasteiger partial charge in [-0.25, -0.2) is 4.79 Å². The van der Waals surface area contributed by atoms with Crippen LogP contribution in [0.15, 0.2) is 0 Å².